The molecule has 0 aliphatic heterocycles. The predicted molar refractivity (Wildman–Crippen MR) is 118 cm³/mol. The van der Waals surface area contributed by atoms with Gasteiger partial charge >= 0.3 is 0 Å². The van der Waals surface area contributed by atoms with Gasteiger partial charge in [-0.25, -0.2) is 0 Å². The molecular weight excluding hydrogens is 404 g/mol. The van der Waals surface area contributed by atoms with Crippen LogP contribution in [0.4, 0.5) is 0 Å². The van der Waals surface area contributed by atoms with E-state index in [1.165, 1.54) is 4.90 Å². The second-order valence-electron chi connectivity index (χ2n) is 8.00. The Hall–Kier alpha value is -2.73. The molecule has 2 aromatic carbocycles. The average molecular weight is 433 g/mol. The molecule has 1 unspecified atom stereocenters. The van der Waals surface area contributed by atoms with Crippen LogP contribution in [0.2, 0.25) is 5.02 Å². The average Bonchev–Trinajstić information content (AvgIpc) is 2.70. The molecule has 162 valence electrons. The Labute approximate surface area is 183 Å². The van der Waals surface area contributed by atoms with Crippen LogP contribution in [0.3, 0.4) is 0 Å². The molecule has 1 atom stereocenters. The van der Waals surface area contributed by atoms with Gasteiger partial charge in [-0.3, -0.25) is 9.59 Å². The van der Waals surface area contributed by atoms with E-state index in [0.29, 0.717) is 10.8 Å². The van der Waals surface area contributed by atoms with E-state index in [9.17, 15) is 9.59 Å². The quantitative estimate of drug-likeness (QED) is 0.683. The zero-order valence-corrected chi connectivity index (χ0v) is 18.8. The molecule has 0 saturated heterocycles. The number of rotatable bonds is 8. The summed E-state index contributed by atoms with van der Waals surface area (Å²) in [6, 6.07) is 13.6. The highest BCUT2D eigenvalue weighted by Crippen LogP contribution is 2.23. The van der Waals surface area contributed by atoms with E-state index in [-0.39, 0.29) is 25.0 Å². The summed E-state index contributed by atoms with van der Waals surface area (Å²) in [5.41, 5.74) is 0.464. The van der Waals surface area contributed by atoms with Crippen LogP contribution >= 0.6 is 11.6 Å². The Balaban J connectivity index is 2.18. The second-order valence-corrected chi connectivity index (χ2v) is 8.41. The van der Waals surface area contributed by atoms with Gasteiger partial charge in [0.25, 0.3) is 5.91 Å². The Morgan fingerprint density at radius 2 is 1.73 bits per heavy atom. The Kier molecular flexibility index (Phi) is 8.12. The fourth-order valence-corrected chi connectivity index (χ4v) is 2.96. The molecule has 0 radical (unpaired) electrons. The number of halogens is 1. The standard InChI is InChI=1S/C23H29ClN2O4/c1-16(22(28)25-23(2,3)4)26(14-17-10-12-18(29-5)13-11-17)21(27)15-30-20-9-7-6-8-19(20)24/h6-13,16H,14-15H2,1-5H3,(H,25,28). The van der Waals surface area contributed by atoms with Crippen molar-refractivity contribution in [1.29, 1.82) is 0 Å². The Morgan fingerprint density at radius 3 is 2.30 bits per heavy atom. The van der Waals surface area contributed by atoms with E-state index in [1.807, 2.05) is 45.0 Å². The second kappa shape index (κ2) is 10.3. The van der Waals surface area contributed by atoms with Gasteiger partial charge in [-0.15, -0.1) is 0 Å². The maximum absolute atomic E-state index is 13.0. The van der Waals surface area contributed by atoms with Gasteiger partial charge in [-0.05, 0) is 57.5 Å². The fourth-order valence-electron chi connectivity index (χ4n) is 2.77. The molecule has 6 nitrogen and oxygen atoms in total. The van der Waals surface area contributed by atoms with E-state index in [4.69, 9.17) is 21.1 Å². The van der Waals surface area contributed by atoms with Crippen molar-refractivity contribution in [3.8, 4) is 11.5 Å². The lowest BCUT2D eigenvalue weighted by Gasteiger charge is -2.31. The zero-order chi connectivity index (χ0) is 22.3. The third-order valence-corrected chi connectivity index (χ3v) is 4.68. The smallest absolute Gasteiger partial charge is 0.261 e. The van der Waals surface area contributed by atoms with Crippen LogP contribution in [-0.4, -0.2) is 42.0 Å². The van der Waals surface area contributed by atoms with Gasteiger partial charge in [0, 0.05) is 12.1 Å². The van der Waals surface area contributed by atoms with E-state index in [2.05, 4.69) is 5.32 Å². The van der Waals surface area contributed by atoms with Gasteiger partial charge in [0.2, 0.25) is 5.91 Å². The topological polar surface area (TPSA) is 67.9 Å². The minimum Gasteiger partial charge on any atom is -0.497 e. The van der Waals surface area contributed by atoms with Gasteiger partial charge in [-0.2, -0.15) is 0 Å². The Bertz CT molecular complexity index is 862. The molecule has 0 bridgehead atoms. The minimum atomic E-state index is -0.686. The van der Waals surface area contributed by atoms with Gasteiger partial charge in [0.15, 0.2) is 6.61 Å². The lowest BCUT2D eigenvalue weighted by Crippen LogP contribution is -2.53. The molecule has 0 fully saturated rings. The molecule has 0 heterocycles. The van der Waals surface area contributed by atoms with Crippen molar-refractivity contribution in [3.63, 3.8) is 0 Å². The lowest BCUT2D eigenvalue weighted by atomic mass is 10.1. The highest BCUT2D eigenvalue weighted by Gasteiger charge is 2.28. The lowest BCUT2D eigenvalue weighted by molar-refractivity contribution is -0.142. The molecule has 30 heavy (non-hydrogen) atoms. The van der Waals surface area contributed by atoms with Gasteiger partial charge in [0.05, 0.1) is 12.1 Å². The van der Waals surface area contributed by atoms with Crippen molar-refractivity contribution in [2.45, 2.75) is 45.8 Å². The first kappa shape index (κ1) is 23.5. The fraction of sp³-hybridized carbons (Fsp3) is 0.391. The van der Waals surface area contributed by atoms with Crippen LogP contribution < -0.4 is 14.8 Å². The first-order valence-corrected chi connectivity index (χ1v) is 10.1. The molecule has 2 aromatic rings. The number of nitrogens with one attached hydrogen (secondary N) is 1. The number of hydrogen-bond donors (Lipinski definition) is 1. The number of para-hydroxylation sites is 1. The first-order chi connectivity index (χ1) is 14.1. The number of carbonyl (C=O) groups is 2. The van der Waals surface area contributed by atoms with Crippen LogP contribution in [0.15, 0.2) is 48.5 Å². The van der Waals surface area contributed by atoms with E-state index in [1.54, 1.807) is 38.3 Å². The molecule has 0 aromatic heterocycles. The molecule has 2 amide bonds. The zero-order valence-electron chi connectivity index (χ0n) is 18.1. The maximum atomic E-state index is 13.0. The van der Waals surface area contributed by atoms with Crippen molar-refractivity contribution in [2.24, 2.45) is 0 Å². The third kappa shape index (κ3) is 6.95. The number of hydrogen-bond acceptors (Lipinski definition) is 4. The van der Waals surface area contributed by atoms with Crippen LogP contribution in [0, 0.1) is 0 Å². The number of amides is 2. The van der Waals surface area contributed by atoms with Gasteiger partial charge < -0.3 is 19.7 Å². The van der Waals surface area contributed by atoms with Gasteiger partial charge in [-0.1, -0.05) is 35.9 Å². The number of benzene rings is 2. The van der Waals surface area contributed by atoms with Crippen molar-refractivity contribution < 1.29 is 19.1 Å². The summed E-state index contributed by atoms with van der Waals surface area (Å²) in [6.07, 6.45) is 0. The summed E-state index contributed by atoms with van der Waals surface area (Å²) in [7, 11) is 1.59. The third-order valence-electron chi connectivity index (χ3n) is 4.37. The molecule has 0 spiro atoms. The highest BCUT2D eigenvalue weighted by molar-refractivity contribution is 6.32. The minimum absolute atomic E-state index is 0.229. The van der Waals surface area contributed by atoms with Crippen molar-refractivity contribution in [2.75, 3.05) is 13.7 Å². The van der Waals surface area contributed by atoms with Crippen molar-refractivity contribution >= 4 is 23.4 Å². The summed E-state index contributed by atoms with van der Waals surface area (Å²) in [4.78, 5) is 27.3. The summed E-state index contributed by atoms with van der Waals surface area (Å²) in [6.45, 7) is 7.42. The number of ether oxygens (including phenoxy) is 2. The van der Waals surface area contributed by atoms with E-state index in [0.717, 1.165) is 11.3 Å². The van der Waals surface area contributed by atoms with Crippen LogP contribution in [0.1, 0.15) is 33.3 Å². The van der Waals surface area contributed by atoms with Crippen molar-refractivity contribution in [3.05, 3.63) is 59.1 Å². The summed E-state index contributed by atoms with van der Waals surface area (Å²) in [5.74, 6) is 0.588. The molecular formula is C23H29ClN2O4. The highest BCUT2D eigenvalue weighted by atomic mass is 35.5. The van der Waals surface area contributed by atoms with Crippen molar-refractivity contribution in [1.82, 2.24) is 10.2 Å². The van der Waals surface area contributed by atoms with Gasteiger partial charge in [0.1, 0.15) is 17.5 Å². The normalized spacial score (nSPS) is 12.1. The largest absolute Gasteiger partial charge is 0.497 e. The number of methoxy groups -OCH3 is 1. The monoisotopic (exact) mass is 432 g/mol. The van der Waals surface area contributed by atoms with E-state index >= 15 is 0 Å². The molecule has 2 rings (SSSR count). The number of carbonyl (C=O) groups excluding carboxylic acids is 2. The van der Waals surface area contributed by atoms with Crippen LogP contribution in [0.25, 0.3) is 0 Å². The predicted octanol–water partition coefficient (Wildman–Crippen LogP) is 4.06. The van der Waals surface area contributed by atoms with Crippen LogP contribution in [-0.2, 0) is 16.1 Å². The molecule has 1 N–H and O–H groups in total. The number of nitrogens with zero attached hydrogens (tertiary/aromatic N) is 1. The Morgan fingerprint density at radius 1 is 1.10 bits per heavy atom. The van der Waals surface area contributed by atoms with E-state index < -0.39 is 11.6 Å². The first-order valence-electron chi connectivity index (χ1n) is 9.72. The summed E-state index contributed by atoms with van der Waals surface area (Å²) >= 11 is 6.11. The molecule has 0 aliphatic rings. The maximum Gasteiger partial charge on any atom is 0.261 e. The van der Waals surface area contributed by atoms with Crippen LogP contribution in [0.5, 0.6) is 11.5 Å². The molecule has 0 aliphatic carbocycles. The summed E-state index contributed by atoms with van der Waals surface area (Å²) < 4.78 is 10.8. The SMILES string of the molecule is COc1ccc(CN(C(=O)COc2ccccc2Cl)C(C)C(=O)NC(C)(C)C)cc1. The molecule has 0 saturated carbocycles. The summed E-state index contributed by atoms with van der Waals surface area (Å²) in [5, 5.41) is 3.35. The molecule has 7 heteroatoms.